The molecule has 2 unspecified atom stereocenters. The second kappa shape index (κ2) is 6.99. The standard InChI is InChI=1S/C14H22N2O3/c1-4-11(14(16)17)19-12-6-5-10(7-9(2)15)8-13(12)18-3/h5-6,8-9,11H,4,7,15H2,1-3H3,(H2,16,17). The zero-order valence-corrected chi connectivity index (χ0v) is 11.7. The molecule has 1 rings (SSSR count). The molecule has 0 bridgehead atoms. The number of methoxy groups -OCH3 is 1. The van der Waals surface area contributed by atoms with Gasteiger partial charge in [-0.3, -0.25) is 4.79 Å². The highest BCUT2D eigenvalue weighted by atomic mass is 16.5. The number of ether oxygens (including phenoxy) is 2. The number of carbonyl (C=O) groups is 1. The molecule has 4 N–H and O–H groups in total. The van der Waals surface area contributed by atoms with Crippen molar-refractivity contribution in [2.45, 2.75) is 38.8 Å². The van der Waals surface area contributed by atoms with Gasteiger partial charge in [0.2, 0.25) is 0 Å². The Balaban J connectivity index is 2.92. The van der Waals surface area contributed by atoms with Crippen molar-refractivity contribution in [2.24, 2.45) is 11.5 Å². The summed E-state index contributed by atoms with van der Waals surface area (Å²) in [5.41, 5.74) is 12.1. The molecule has 5 heteroatoms. The number of hydrogen-bond donors (Lipinski definition) is 2. The van der Waals surface area contributed by atoms with Crippen molar-refractivity contribution in [1.82, 2.24) is 0 Å². The van der Waals surface area contributed by atoms with Crippen molar-refractivity contribution < 1.29 is 14.3 Å². The molecule has 1 aromatic rings. The van der Waals surface area contributed by atoms with E-state index in [1.54, 1.807) is 13.2 Å². The quantitative estimate of drug-likeness (QED) is 0.777. The maximum atomic E-state index is 11.2. The van der Waals surface area contributed by atoms with E-state index in [1.807, 2.05) is 26.0 Å². The van der Waals surface area contributed by atoms with E-state index in [9.17, 15) is 4.79 Å². The van der Waals surface area contributed by atoms with Crippen molar-refractivity contribution in [2.75, 3.05) is 7.11 Å². The van der Waals surface area contributed by atoms with Gasteiger partial charge in [0.25, 0.3) is 5.91 Å². The number of carbonyl (C=O) groups excluding carboxylic acids is 1. The molecule has 19 heavy (non-hydrogen) atoms. The maximum Gasteiger partial charge on any atom is 0.258 e. The molecule has 0 radical (unpaired) electrons. The van der Waals surface area contributed by atoms with E-state index in [4.69, 9.17) is 20.9 Å². The molecular formula is C14H22N2O3. The highest BCUT2D eigenvalue weighted by molar-refractivity contribution is 5.79. The van der Waals surface area contributed by atoms with Crippen LogP contribution in [0.5, 0.6) is 11.5 Å². The summed E-state index contributed by atoms with van der Waals surface area (Å²) in [6, 6.07) is 5.63. The Hall–Kier alpha value is -1.75. The highest BCUT2D eigenvalue weighted by Gasteiger charge is 2.17. The van der Waals surface area contributed by atoms with E-state index in [-0.39, 0.29) is 6.04 Å². The van der Waals surface area contributed by atoms with E-state index in [0.717, 1.165) is 12.0 Å². The molecular weight excluding hydrogens is 244 g/mol. The van der Waals surface area contributed by atoms with Gasteiger partial charge in [-0.15, -0.1) is 0 Å². The summed E-state index contributed by atoms with van der Waals surface area (Å²) in [4.78, 5) is 11.2. The van der Waals surface area contributed by atoms with E-state index < -0.39 is 12.0 Å². The molecule has 0 spiro atoms. The van der Waals surface area contributed by atoms with E-state index in [0.29, 0.717) is 17.9 Å². The van der Waals surface area contributed by atoms with Gasteiger partial charge in [-0.1, -0.05) is 13.0 Å². The topological polar surface area (TPSA) is 87.6 Å². The number of rotatable bonds is 7. The minimum atomic E-state index is -0.645. The SMILES string of the molecule is CCC(Oc1ccc(CC(C)N)cc1OC)C(N)=O. The van der Waals surface area contributed by atoms with Crippen molar-refractivity contribution in [3.05, 3.63) is 23.8 Å². The van der Waals surface area contributed by atoms with Crippen LogP contribution in [0, 0.1) is 0 Å². The second-order valence-electron chi connectivity index (χ2n) is 4.58. The maximum absolute atomic E-state index is 11.2. The Morgan fingerprint density at radius 2 is 2.05 bits per heavy atom. The van der Waals surface area contributed by atoms with Gasteiger partial charge in [0.15, 0.2) is 17.6 Å². The number of primary amides is 1. The fraction of sp³-hybridized carbons (Fsp3) is 0.500. The smallest absolute Gasteiger partial charge is 0.258 e. The van der Waals surface area contributed by atoms with Gasteiger partial charge < -0.3 is 20.9 Å². The molecule has 2 atom stereocenters. The lowest BCUT2D eigenvalue weighted by Gasteiger charge is -2.17. The molecule has 0 aliphatic carbocycles. The molecule has 5 nitrogen and oxygen atoms in total. The Morgan fingerprint density at radius 1 is 1.37 bits per heavy atom. The summed E-state index contributed by atoms with van der Waals surface area (Å²) >= 11 is 0. The van der Waals surface area contributed by atoms with Gasteiger partial charge in [-0.2, -0.15) is 0 Å². The molecule has 0 saturated carbocycles. The van der Waals surface area contributed by atoms with Crippen molar-refractivity contribution in [1.29, 1.82) is 0 Å². The first-order chi connectivity index (χ1) is 8.97. The fourth-order valence-electron chi connectivity index (χ4n) is 1.80. The predicted molar refractivity (Wildman–Crippen MR) is 74.2 cm³/mol. The number of hydrogen-bond acceptors (Lipinski definition) is 4. The monoisotopic (exact) mass is 266 g/mol. The summed E-state index contributed by atoms with van der Waals surface area (Å²) in [7, 11) is 1.56. The van der Waals surface area contributed by atoms with Crippen LogP contribution in [-0.4, -0.2) is 25.2 Å². The zero-order valence-electron chi connectivity index (χ0n) is 11.7. The molecule has 0 saturated heterocycles. The average Bonchev–Trinajstić information content (AvgIpc) is 2.35. The molecule has 0 aliphatic heterocycles. The lowest BCUT2D eigenvalue weighted by Crippen LogP contribution is -2.33. The minimum absolute atomic E-state index is 0.0745. The first kappa shape index (κ1) is 15.3. The van der Waals surface area contributed by atoms with Crippen LogP contribution in [0.2, 0.25) is 0 Å². The number of nitrogens with two attached hydrogens (primary N) is 2. The van der Waals surface area contributed by atoms with Gasteiger partial charge in [-0.05, 0) is 37.5 Å². The summed E-state index contributed by atoms with van der Waals surface area (Å²) in [5.74, 6) is 0.614. The van der Waals surface area contributed by atoms with Crippen LogP contribution < -0.4 is 20.9 Å². The Kier molecular flexibility index (Phi) is 5.63. The van der Waals surface area contributed by atoms with Gasteiger partial charge in [0.1, 0.15) is 0 Å². The lowest BCUT2D eigenvalue weighted by molar-refractivity contribution is -0.124. The third kappa shape index (κ3) is 4.44. The van der Waals surface area contributed by atoms with Crippen LogP contribution in [0.3, 0.4) is 0 Å². The average molecular weight is 266 g/mol. The molecule has 1 amide bonds. The van der Waals surface area contributed by atoms with E-state index >= 15 is 0 Å². The minimum Gasteiger partial charge on any atom is -0.493 e. The van der Waals surface area contributed by atoms with Crippen LogP contribution >= 0.6 is 0 Å². The Bertz CT molecular complexity index is 433. The Morgan fingerprint density at radius 3 is 2.53 bits per heavy atom. The normalized spacial score (nSPS) is 13.7. The van der Waals surface area contributed by atoms with Crippen LogP contribution in [0.4, 0.5) is 0 Å². The first-order valence-electron chi connectivity index (χ1n) is 6.36. The molecule has 106 valence electrons. The first-order valence-corrected chi connectivity index (χ1v) is 6.36. The molecule has 0 heterocycles. The lowest BCUT2D eigenvalue weighted by atomic mass is 10.1. The zero-order chi connectivity index (χ0) is 14.4. The summed E-state index contributed by atoms with van der Waals surface area (Å²) in [5, 5.41) is 0. The largest absolute Gasteiger partial charge is 0.493 e. The van der Waals surface area contributed by atoms with E-state index in [1.165, 1.54) is 0 Å². The molecule has 0 aromatic heterocycles. The van der Waals surface area contributed by atoms with Gasteiger partial charge in [0.05, 0.1) is 7.11 Å². The predicted octanol–water partition coefficient (Wildman–Crippen LogP) is 1.23. The number of benzene rings is 1. The van der Waals surface area contributed by atoms with Crippen LogP contribution in [0.15, 0.2) is 18.2 Å². The van der Waals surface area contributed by atoms with Crippen LogP contribution in [0.25, 0.3) is 0 Å². The van der Waals surface area contributed by atoms with Crippen LogP contribution in [0.1, 0.15) is 25.8 Å². The summed E-state index contributed by atoms with van der Waals surface area (Å²) in [6.07, 6.45) is 0.622. The Labute approximate surface area is 113 Å². The molecule has 0 fully saturated rings. The second-order valence-corrected chi connectivity index (χ2v) is 4.58. The fourth-order valence-corrected chi connectivity index (χ4v) is 1.80. The van der Waals surface area contributed by atoms with Crippen molar-refractivity contribution >= 4 is 5.91 Å². The molecule has 0 aliphatic rings. The number of amides is 1. The van der Waals surface area contributed by atoms with Crippen molar-refractivity contribution in [3.63, 3.8) is 0 Å². The highest BCUT2D eigenvalue weighted by Crippen LogP contribution is 2.29. The summed E-state index contributed by atoms with van der Waals surface area (Å²) < 4.78 is 10.9. The van der Waals surface area contributed by atoms with Gasteiger partial charge in [0, 0.05) is 6.04 Å². The summed E-state index contributed by atoms with van der Waals surface area (Å²) in [6.45, 7) is 3.78. The van der Waals surface area contributed by atoms with Gasteiger partial charge in [-0.25, -0.2) is 0 Å². The third-order valence-electron chi connectivity index (χ3n) is 2.74. The molecule has 1 aromatic carbocycles. The van der Waals surface area contributed by atoms with Crippen molar-refractivity contribution in [3.8, 4) is 11.5 Å². The van der Waals surface area contributed by atoms with E-state index in [2.05, 4.69) is 0 Å². The third-order valence-corrected chi connectivity index (χ3v) is 2.74. The van der Waals surface area contributed by atoms with Crippen LogP contribution in [-0.2, 0) is 11.2 Å². The van der Waals surface area contributed by atoms with Gasteiger partial charge >= 0.3 is 0 Å².